The first-order chi connectivity index (χ1) is 14.3. The highest BCUT2D eigenvalue weighted by Gasteiger charge is 2.32. The number of carbonyl (C=O) groups excluding carboxylic acids is 2. The highest BCUT2D eigenvalue weighted by Crippen LogP contribution is 2.31. The lowest BCUT2D eigenvalue weighted by atomic mass is 9.91. The van der Waals surface area contributed by atoms with E-state index in [1.807, 2.05) is 6.92 Å². The average Bonchev–Trinajstić information content (AvgIpc) is 2.73. The smallest absolute Gasteiger partial charge is 0.271 e. The Bertz CT molecular complexity index is 942. The molecule has 2 amide bonds. The third-order valence-corrected chi connectivity index (χ3v) is 5.74. The lowest BCUT2D eigenvalue weighted by Crippen LogP contribution is -2.51. The first kappa shape index (κ1) is 21.9. The van der Waals surface area contributed by atoms with Gasteiger partial charge in [-0.2, -0.15) is 0 Å². The summed E-state index contributed by atoms with van der Waals surface area (Å²) in [6.07, 6.45) is 10.1. The number of nitrogens with zero attached hydrogens (tertiary/aromatic N) is 1. The van der Waals surface area contributed by atoms with Crippen molar-refractivity contribution in [2.24, 2.45) is 5.92 Å². The molecule has 0 saturated carbocycles. The second-order valence-electron chi connectivity index (χ2n) is 7.55. The normalized spacial score (nSPS) is 20.7. The number of hydrogen-bond donors (Lipinski definition) is 3. The van der Waals surface area contributed by atoms with Gasteiger partial charge in [0.05, 0.1) is 12.2 Å². The van der Waals surface area contributed by atoms with Crippen molar-refractivity contribution < 1.29 is 19.4 Å². The van der Waals surface area contributed by atoms with Crippen molar-refractivity contribution in [3.8, 4) is 12.3 Å². The van der Waals surface area contributed by atoms with E-state index in [0.717, 1.165) is 0 Å². The summed E-state index contributed by atoms with van der Waals surface area (Å²) in [5, 5.41) is 16.3. The van der Waals surface area contributed by atoms with E-state index in [-0.39, 0.29) is 29.7 Å². The molecule has 30 heavy (non-hydrogen) atoms. The van der Waals surface area contributed by atoms with Crippen LogP contribution in [0, 0.1) is 18.3 Å². The molecule has 1 aliphatic heterocycles. The summed E-state index contributed by atoms with van der Waals surface area (Å²) in [6, 6.07) is 3.07. The summed E-state index contributed by atoms with van der Waals surface area (Å²) in [6.45, 7) is 2.86. The van der Waals surface area contributed by atoms with Gasteiger partial charge in [0.2, 0.25) is 5.91 Å². The third-order valence-electron chi connectivity index (χ3n) is 5.26. The number of rotatable bonds is 5. The highest BCUT2D eigenvalue weighted by molar-refractivity contribution is 6.30. The third kappa shape index (κ3) is 5.21. The van der Waals surface area contributed by atoms with Gasteiger partial charge in [-0.05, 0) is 24.1 Å². The molecule has 0 spiro atoms. The van der Waals surface area contributed by atoms with E-state index in [4.69, 9.17) is 22.8 Å². The average molecular weight is 430 g/mol. The molecule has 2 heterocycles. The van der Waals surface area contributed by atoms with Crippen LogP contribution in [0.25, 0.3) is 0 Å². The molecule has 7 nitrogen and oxygen atoms in total. The van der Waals surface area contributed by atoms with Crippen LogP contribution in [0.3, 0.4) is 0 Å². The van der Waals surface area contributed by atoms with Gasteiger partial charge < -0.3 is 20.5 Å². The van der Waals surface area contributed by atoms with Gasteiger partial charge in [0.15, 0.2) is 0 Å². The highest BCUT2D eigenvalue weighted by atomic mass is 35.5. The van der Waals surface area contributed by atoms with Crippen LogP contribution in [0.4, 0.5) is 5.69 Å². The second kappa shape index (κ2) is 9.33. The van der Waals surface area contributed by atoms with Crippen molar-refractivity contribution in [1.82, 2.24) is 10.3 Å². The fourth-order valence-corrected chi connectivity index (χ4v) is 3.59. The number of halogens is 1. The summed E-state index contributed by atoms with van der Waals surface area (Å²) in [5.41, 5.74) is 0.286. The molecular weight excluding hydrogens is 406 g/mol. The van der Waals surface area contributed by atoms with Gasteiger partial charge in [-0.1, -0.05) is 24.4 Å². The Balaban J connectivity index is 1.65. The lowest BCUT2D eigenvalue weighted by molar-refractivity contribution is -0.115. The molecular formula is C22H24ClN3O4. The molecule has 0 aromatic carbocycles. The molecule has 2 aliphatic rings. The Morgan fingerprint density at radius 2 is 2.17 bits per heavy atom. The number of aromatic nitrogens is 1. The number of allylic oxidation sites excluding steroid dienone is 3. The van der Waals surface area contributed by atoms with Gasteiger partial charge in [0, 0.05) is 55.0 Å². The minimum Gasteiger partial charge on any atom is -0.512 e. The molecule has 1 aliphatic carbocycles. The zero-order chi connectivity index (χ0) is 21.7. The number of ether oxygens (including phenoxy) is 1. The Kier molecular flexibility index (Phi) is 6.80. The molecule has 0 bridgehead atoms. The number of aliphatic hydroxyl groups excluding tert-OH is 1. The van der Waals surface area contributed by atoms with E-state index in [9.17, 15) is 14.7 Å². The van der Waals surface area contributed by atoms with E-state index in [1.165, 1.54) is 12.3 Å². The van der Waals surface area contributed by atoms with Crippen molar-refractivity contribution in [3.63, 3.8) is 0 Å². The van der Waals surface area contributed by atoms with Crippen LogP contribution >= 0.6 is 11.6 Å². The molecule has 1 aromatic heterocycles. The summed E-state index contributed by atoms with van der Waals surface area (Å²) in [5.74, 6) is 2.10. The van der Waals surface area contributed by atoms with Gasteiger partial charge in [-0.15, -0.1) is 6.42 Å². The monoisotopic (exact) mass is 429 g/mol. The lowest BCUT2D eigenvalue weighted by Gasteiger charge is -2.33. The molecule has 1 saturated heterocycles. The van der Waals surface area contributed by atoms with Gasteiger partial charge in [0.1, 0.15) is 11.2 Å². The van der Waals surface area contributed by atoms with E-state index in [1.54, 1.807) is 12.1 Å². The number of terminal acetylenes is 1. The number of pyridine rings is 1. The van der Waals surface area contributed by atoms with Crippen molar-refractivity contribution >= 4 is 29.1 Å². The van der Waals surface area contributed by atoms with Crippen LogP contribution in [0.2, 0.25) is 0 Å². The standard InChI is InChI=1S/C22H24ClN3O4/c1-3-22(5-8-30-9-6-22)26-21(29)18-13-16(4-7-24-18)25-20(28)12-15-11-17(23)14(2)10-19(15)27/h1,4,7,11,13-14,27H,5-6,8-10,12H2,2H3,(H,26,29)(H,24,25,28). The van der Waals surface area contributed by atoms with Crippen LogP contribution in [0.15, 0.2) is 40.8 Å². The van der Waals surface area contributed by atoms with E-state index in [0.29, 0.717) is 48.8 Å². The number of anilines is 1. The van der Waals surface area contributed by atoms with Gasteiger partial charge in [-0.3, -0.25) is 14.6 Å². The molecule has 8 heteroatoms. The second-order valence-corrected chi connectivity index (χ2v) is 7.99. The largest absolute Gasteiger partial charge is 0.512 e. The molecule has 3 N–H and O–H groups in total. The molecule has 0 radical (unpaired) electrons. The van der Waals surface area contributed by atoms with E-state index < -0.39 is 11.4 Å². The Labute approximate surface area is 180 Å². The maximum absolute atomic E-state index is 12.7. The topological polar surface area (TPSA) is 101 Å². The van der Waals surface area contributed by atoms with Crippen molar-refractivity contribution in [3.05, 3.63) is 46.5 Å². The SMILES string of the molecule is C#CC1(NC(=O)c2cc(NC(=O)CC3=C(O)CC(C)C(Cl)=C3)ccn2)CCOCC1. The van der Waals surface area contributed by atoms with Crippen LogP contribution < -0.4 is 10.6 Å². The van der Waals surface area contributed by atoms with Gasteiger partial charge in [-0.25, -0.2) is 0 Å². The summed E-state index contributed by atoms with van der Waals surface area (Å²) in [7, 11) is 0. The minimum atomic E-state index is -0.760. The number of carbonyl (C=O) groups is 2. The zero-order valence-corrected chi connectivity index (χ0v) is 17.5. The van der Waals surface area contributed by atoms with Gasteiger partial charge >= 0.3 is 0 Å². The maximum Gasteiger partial charge on any atom is 0.271 e. The predicted molar refractivity (Wildman–Crippen MR) is 114 cm³/mol. The van der Waals surface area contributed by atoms with Crippen molar-refractivity contribution in [2.75, 3.05) is 18.5 Å². The van der Waals surface area contributed by atoms with Crippen molar-refractivity contribution in [1.29, 1.82) is 0 Å². The quantitative estimate of drug-likeness (QED) is 0.623. The molecule has 3 rings (SSSR count). The fourth-order valence-electron chi connectivity index (χ4n) is 3.38. The number of hydrogen-bond acceptors (Lipinski definition) is 5. The van der Waals surface area contributed by atoms with Crippen LogP contribution in [-0.4, -0.2) is 40.7 Å². The zero-order valence-electron chi connectivity index (χ0n) is 16.7. The predicted octanol–water partition coefficient (Wildman–Crippen LogP) is 3.30. The van der Waals surface area contributed by atoms with E-state index >= 15 is 0 Å². The Hall–Kier alpha value is -2.82. The van der Waals surface area contributed by atoms with E-state index in [2.05, 4.69) is 21.5 Å². The number of aliphatic hydroxyl groups is 1. The Morgan fingerprint density at radius 1 is 1.43 bits per heavy atom. The molecule has 1 unspecified atom stereocenters. The number of amides is 2. The summed E-state index contributed by atoms with van der Waals surface area (Å²) < 4.78 is 5.32. The van der Waals surface area contributed by atoms with Gasteiger partial charge in [0.25, 0.3) is 5.91 Å². The van der Waals surface area contributed by atoms with Crippen LogP contribution in [0.1, 0.15) is 43.1 Å². The first-order valence-corrected chi connectivity index (χ1v) is 10.1. The molecule has 1 fully saturated rings. The summed E-state index contributed by atoms with van der Waals surface area (Å²) >= 11 is 6.14. The Morgan fingerprint density at radius 3 is 2.87 bits per heavy atom. The first-order valence-electron chi connectivity index (χ1n) is 9.74. The van der Waals surface area contributed by atoms with Crippen molar-refractivity contribution in [2.45, 2.75) is 38.1 Å². The van der Waals surface area contributed by atoms with Crippen LogP contribution in [0.5, 0.6) is 0 Å². The summed E-state index contributed by atoms with van der Waals surface area (Å²) in [4.78, 5) is 29.2. The molecule has 158 valence electrons. The molecule has 1 aromatic rings. The minimum absolute atomic E-state index is 0.0289. The maximum atomic E-state index is 12.7. The fraction of sp³-hybridized carbons (Fsp3) is 0.409. The number of nitrogens with one attached hydrogen (secondary N) is 2. The molecule has 1 atom stereocenters. The van der Waals surface area contributed by atoms with Crippen LogP contribution in [-0.2, 0) is 9.53 Å².